The number of hydrogen-bond acceptors (Lipinski definition) is 3. The van der Waals surface area contributed by atoms with Gasteiger partial charge in [0.1, 0.15) is 0 Å². The molecule has 1 aliphatic rings. The van der Waals surface area contributed by atoms with Crippen molar-refractivity contribution in [3.05, 3.63) is 48.3 Å². The number of benzene rings is 1. The summed E-state index contributed by atoms with van der Waals surface area (Å²) in [6.45, 7) is 3.13. The van der Waals surface area contributed by atoms with Crippen LogP contribution in [0.2, 0.25) is 0 Å². The third-order valence-electron chi connectivity index (χ3n) is 3.47. The van der Waals surface area contributed by atoms with Crippen LogP contribution in [-0.2, 0) is 6.54 Å². The van der Waals surface area contributed by atoms with E-state index in [1.807, 2.05) is 23.1 Å². The molecule has 0 amide bonds. The lowest BCUT2D eigenvalue weighted by Gasteiger charge is -2.17. The van der Waals surface area contributed by atoms with E-state index in [1.165, 1.54) is 23.4 Å². The van der Waals surface area contributed by atoms with E-state index in [0.717, 1.165) is 11.8 Å². The number of hydrogen-bond donors (Lipinski definition) is 1. The molecule has 1 aromatic heterocycles. The van der Waals surface area contributed by atoms with Gasteiger partial charge in [0, 0.05) is 35.1 Å². The number of anilines is 1. The van der Waals surface area contributed by atoms with Crippen LogP contribution in [0.15, 0.2) is 42.7 Å². The van der Waals surface area contributed by atoms with E-state index >= 15 is 0 Å². The van der Waals surface area contributed by atoms with Crippen molar-refractivity contribution in [3.63, 3.8) is 0 Å². The van der Waals surface area contributed by atoms with Gasteiger partial charge in [-0.1, -0.05) is 25.1 Å². The summed E-state index contributed by atoms with van der Waals surface area (Å²) in [5, 5.41) is 8.75. The lowest BCUT2D eigenvalue weighted by Crippen LogP contribution is -2.20. The van der Waals surface area contributed by atoms with Crippen molar-refractivity contribution in [1.82, 2.24) is 9.78 Å². The van der Waals surface area contributed by atoms with E-state index in [2.05, 4.69) is 53.4 Å². The molecule has 3 nitrogen and oxygen atoms in total. The Morgan fingerprint density at radius 2 is 2.26 bits per heavy atom. The van der Waals surface area contributed by atoms with E-state index in [0.29, 0.717) is 6.04 Å². The zero-order chi connectivity index (χ0) is 13.1. The summed E-state index contributed by atoms with van der Waals surface area (Å²) in [4.78, 5) is 0. The van der Waals surface area contributed by atoms with Crippen molar-refractivity contribution in [2.75, 3.05) is 11.1 Å². The van der Waals surface area contributed by atoms with Crippen LogP contribution in [0.5, 0.6) is 0 Å². The topological polar surface area (TPSA) is 29.9 Å². The molecule has 1 fully saturated rings. The minimum atomic E-state index is 0.596. The lowest BCUT2D eigenvalue weighted by atomic mass is 10.1. The van der Waals surface area contributed by atoms with Crippen molar-refractivity contribution in [2.45, 2.75) is 31.2 Å². The van der Waals surface area contributed by atoms with Gasteiger partial charge in [-0.2, -0.15) is 16.9 Å². The Hall–Kier alpha value is -1.42. The second-order valence-corrected chi connectivity index (χ2v) is 6.55. The van der Waals surface area contributed by atoms with Crippen molar-refractivity contribution >= 4 is 17.4 Å². The predicted molar refractivity (Wildman–Crippen MR) is 81.7 cm³/mol. The maximum absolute atomic E-state index is 4.28. The standard InChI is InChI=1S/C15H19N3S/c1-12-9-14(11-19-12)17-15-6-3-2-5-13(15)10-18-8-4-7-16-18/h2-8,12,14,17H,9-11H2,1H3. The van der Waals surface area contributed by atoms with Gasteiger partial charge in [0.25, 0.3) is 0 Å². The molecular formula is C15H19N3S. The smallest absolute Gasteiger partial charge is 0.0679 e. The normalized spacial score (nSPS) is 22.6. The van der Waals surface area contributed by atoms with Gasteiger partial charge >= 0.3 is 0 Å². The van der Waals surface area contributed by atoms with Crippen LogP contribution >= 0.6 is 11.8 Å². The number of nitrogens with one attached hydrogen (secondary N) is 1. The molecule has 0 saturated carbocycles. The van der Waals surface area contributed by atoms with Crippen LogP contribution in [0.25, 0.3) is 0 Å². The van der Waals surface area contributed by atoms with Crippen molar-refractivity contribution in [2.24, 2.45) is 0 Å². The third kappa shape index (κ3) is 3.13. The molecule has 0 radical (unpaired) electrons. The van der Waals surface area contributed by atoms with Crippen molar-refractivity contribution < 1.29 is 0 Å². The van der Waals surface area contributed by atoms with Crippen molar-refractivity contribution in [1.29, 1.82) is 0 Å². The van der Waals surface area contributed by atoms with Gasteiger partial charge in [0.15, 0.2) is 0 Å². The molecule has 2 unspecified atom stereocenters. The van der Waals surface area contributed by atoms with Crippen molar-refractivity contribution in [3.8, 4) is 0 Å². The summed E-state index contributed by atoms with van der Waals surface area (Å²) in [6, 6.07) is 11.1. The Balaban J connectivity index is 1.73. The molecule has 2 heterocycles. The van der Waals surface area contributed by atoms with Crippen LogP contribution in [0, 0.1) is 0 Å². The second kappa shape index (κ2) is 5.70. The average Bonchev–Trinajstić information content (AvgIpc) is 3.04. The molecule has 0 spiro atoms. The maximum Gasteiger partial charge on any atom is 0.0679 e. The monoisotopic (exact) mass is 273 g/mol. The third-order valence-corrected chi connectivity index (χ3v) is 4.82. The zero-order valence-corrected chi connectivity index (χ0v) is 11.9. The highest BCUT2D eigenvalue weighted by molar-refractivity contribution is 8.00. The summed E-state index contributed by atoms with van der Waals surface area (Å²) in [5.74, 6) is 1.21. The Kier molecular flexibility index (Phi) is 3.78. The predicted octanol–water partition coefficient (Wildman–Crippen LogP) is 3.24. The van der Waals surface area contributed by atoms with Gasteiger partial charge in [-0.3, -0.25) is 4.68 Å². The quantitative estimate of drug-likeness (QED) is 0.927. The minimum absolute atomic E-state index is 0.596. The summed E-state index contributed by atoms with van der Waals surface area (Å²) < 4.78 is 1.96. The van der Waals surface area contributed by atoms with Gasteiger partial charge in [-0.05, 0) is 24.1 Å². The molecule has 1 saturated heterocycles. The number of aromatic nitrogens is 2. The van der Waals surface area contributed by atoms with Gasteiger partial charge in [0.05, 0.1) is 6.54 Å². The first-order chi connectivity index (χ1) is 9.31. The SMILES string of the molecule is CC1CC(Nc2ccccc2Cn2cccn2)CS1. The molecule has 1 N–H and O–H groups in total. The summed E-state index contributed by atoms with van der Waals surface area (Å²) in [7, 11) is 0. The Morgan fingerprint density at radius 1 is 1.37 bits per heavy atom. The first-order valence-corrected chi connectivity index (χ1v) is 7.79. The lowest BCUT2D eigenvalue weighted by molar-refractivity contribution is 0.684. The first kappa shape index (κ1) is 12.6. The highest BCUT2D eigenvalue weighted by atomic mass is 32.2. The van der Waals surface area contributed by atoms with Crippen LogP contribution in [0.3, 0.4) is 0 Å². The van der Waals surface area contributed by atoms with E-state index in [1.54, 1.807) is 0 Å². The van der Waals surface area contributed by atoms with E-state index < -0.39 is 0 Å². The molecule has 4 heteroatoms. The molecule has 1 aliphatic heterocycles. The second-order valence-electron chi connectivity index (χ2n) is 5.08. The van der Waals surface area contributed by atoms with Gasteiger partial charge < -0.3 is 5.32 Å². The molecule has 0 bridgehead atoms. The minimum Gasteiger partial charge on any atom is -0.381 e. The van der Waals surface area contributed by atoms with Gasteiger partial charge in [-0.25, -0.2) is 0 Å². The highest BCUT2D eigenvalue weighted by Crippen LogP contribution is 2.29. The molecule has 1 aromatic carbocycles. The summed E-state index contributed by atoms with van der Waals surface area (Å²) in [6.07, 6.45) is 5.08. The molecule has 2 atom stereocenters. The number of rotatable bonds is 4. The average molecular weight is 273 g/mol. The van der Waals surface area contributed by atoms with Crippen LogP contribution in [0.1, 0.15) is 18.9 Å². The van der Waals surface area contributed by atoms with Crippen LogP contribution in [0.4, 0.5) is 5.69 Å². The molecular weight excluding hydrogens is 254 g/mol. The number of thioether (sulfide) groups is 1. The zero-order valence-electron chi connectivity index (χ0n) is 11.1. The molecule has 2 aromatic rings. The van der Waals surface area contributed by atoms with E-state index in [9.17, 15) is 0 Å². The van der Waals surface area contributed by atoms with Crippen LogP contribution in [-0.4, -0.2) is 26.8 Å². The molecule has 0 aliphatic carbocycles. The Morgan fingerprint density at radius 3 is 3.00 bits per heavy atom. The number of nitrogens with zero attached hydrogens (tertiary/aromatic N) is 2. The van der Waals surface area contributed by atoms with E-state index in [4.69, 9.17) is 0 Å². The fraction of sp³-hybridized carbons (Fsp3) is 0.400. The molecule has 19 heavy (non-hydrogen) atoms. The van der Waals surface area contributed by atoms with Crippen LogP contribution < -0.4 is 5.32 Å². The summed E-state index contributed by atoms with van der Waals surface area (Å²) in [5.41, 5.74) is 2.55. The highest BCUT2D eigenvalue weighted by Gasteiger charge is 2.22. The largest absolute Gasteiger partial charge is 0.381 e. The van der Waals surface area contributed by atoms with E-state index in [-0.39, 0.29) is 0 Å². The summed E-state index contributed by atoms with van der Waals surface area (Å²) >= 11 is 2.06. The molecule has 3 rings (SSSR count). The Bertz CT molecular complexity index is 524. The maximum atomic E-state index is 4.28. The fourth-order valence-electron chi connectivity index (χ4n) is 2.51. The number of para-hydroxylation sites is 1. The first-order valence-electron chi connectivity index (χ1n) is 6.75. The van der Waals surface area contributed by atoms with Gasteiger partial charge in [0.2, 0.25) is 0 Å². The Labute approximate surface area is 118 Å². The molecule has 100 valence electrons. The van der Waals surface area contributed by atoms with Gasteiger partial charge in [-0.15, -0.1) is 0 Å². The fourth-order valence-corrected chi connectivity index (χ4v) is 3.65.